The van der Waals surface area contributed by atoms with Crippen molar-refractivity contribution in [3.63, 3.8) is 0 Å². The van der Waals surface area contributed by atoms with Gasteiger partial charge in [0.25, 0.3) is 0 Å². The molecule has 0 spiro atoms. The number of nitrogens with zero attached hydrogens (tertiary/aromatic N) is 3. The van der Waals surface area contributed by atoms with Gasteiger partial charge in [0.1, 0.15) is 0 Å². The van der Waals surface area contributed by atoms with E-state index in [1.807, 2.05) is 30.3 Å². The number of hydrogen-bond acceptors (Lipinski definition) is 6. The smallest absolute Gasteiger partial charge is 0.227 e. The lowest BCUT2D eigenvalue weighted by Gasteiger charge is -2.34. The van der Waals surface area contributed by atoms with E-state index < -0.39 is 0 Å². The van der Waals surface area contributed by atoms with E-state index in [4.69, 9.17) is 14.7 Å². The van der Waals surface area contributed by atoms with Gasteiger partial charge in [-0.05, 0) is 19.3 Å². The Labute approximate surface area is 145 Å². The molecular formula is C17H19ClN4O2. The molecule has 126 valence electrons. The lowest BCUT2D eigenvalue weighted by Crippen LogP contribution is -2.44. The molecule has 0 radical (unpaired) electrons. The molecule has 3 aromatic rings. The highest BCUT2D eigenvalue weighted by molar-refractivity contribution is 5.85. The van der Waals surface area contributed by atoms with Gasteiger partial charge in [0.2, 0.25) is 5.89 Å². The van der Waals surface area contributed by atoms with Crippen molar-refractivity contribution in [3.8, 4) is 11.3 Å². The number of benzene rings is 1. The third-order valence-corrected chi connectivity index (χ3v) is 4.32. The van der Waals surface area contributed by atoms with E-state index in [2.05, 4.69) is 15.1 Å². The van der Waals surface area contributed by atoms with Crippen LogP contribution < -0.4 is 5.73 Å². The third kappa shape index (κ3) is 3.20. The van der Waals surface area contributed by atoms with Crippen molar-refractivity contribution in [2.45, 2.75) is 37.6 Å². The molecule has 7 heteroatoms. The van der Waals surface area contributed by atoms with Gasteiger partial charge in [0, 0.05) is 18.4 Å². The molecule has 0 saturated heterocycles. The maximum atomic E-state index is 6.20. The van der Waals surface area contributed by atoms with Crippen LogP contribution in [-0.4, -0.2) is 15.1 Å². The Morgan fingerprint density at radius 3 is 2.54 bits per heavy atom. The van der Waals surface area contributed by atoms with Crippen LogP contribution in [0.5, 0.6) is 0 Å². The minimum absolute atomic E-state index is 0. The number of halogens is 1. The minimum atomic E-state index is -0.384. The normalized spacial score (nSPS) is 15.5. The van der Waals surface area contributed by atoms with E-state index in [1.165, 1.54) is 0 Å². The van der Waals surface area contributed by atoms with Crippen molar-refractivity contribution in [1.82, 2.24) is 15.1 Å². The standard InChI is InChI=1S/C17H18N4O2.ClH/c18-17(9-4-10-17)16-20-15(23-21-16)8-7-14-19-11-13(22-14)12-5-2-1-3-6-12;/h1-3,5-6,11H,4,7-10,18H2;1H. The Morgan fingerprint density at radius 2 is 1.83 bits per heavy atom. The zero-order valence-corrected chi connectivity index (χ0v) is 14.0. The number of aryl methyl sites for hydroxylation is 2. The van der Waals surface area contributed by atoms with Crippen LogP contribution in [0.15, 0.2) is 45.5 Å². The molecule has 4 rings (SSSR count). The fourth-order valence-electron chi connectivity index (χ4n) is 2.72. The molecule has 24 heavy (non-hydrogen) atoms. The first-order chi connectivity index (χ1) is 11.2. The molecule has 6 nitrogen and oxygen atoms in total. The number of oxazole rings is 1. The fourth-order valence-corrected chi connectivity index (χ4v) is 2.72. The monoisotopic (exact) mass is 346 g/mol. The molecule has 1 aliphatic rings. The van der Waals surface area contributed by atoms with Crippen LogP contribution in [0.2, 0.25) is 0 Å². The van der Waals surface area contributed by atoms with E-state index in [0.717, 1.165) is 30.6 Å². The SMILES string of the molecule is Cl.NC1(c2noc(CCc3ncc(-c4ccccc4)o3)n2)CCC1. The summed E-state index contributed by atoms with van der Waals surface area (Å²) < 4.78 is 11.1. The summed E-state index contributed by atoms with van der Waals surface area (Å²) in [5.41, 5.74) is 6.83. The summed E-state index contributed by atoms with van der Waals surface area (Å²) in [4.78, 5) is 8.72. The Morgan fingerprint density at radius 1 is 1.08 bits per heavy atom. The average molecular weight is 347 g/mol. The lowest BCUT2D eigenvalue weighted by atomic mass is 9.77. The second kappa shape index (κ2) is 6.75. The summed E-state index contributed by atoms with van der Waals surface area (Å²) in [6.45, 7) is 0. The quantitative estimate of drug-likeness (QED) is 0.762. The number of aromatic nitrogens is 3. The summed E-state index contributed by atoms with van der Waals surface area (Å²) in [5.74, 6) is 2.63. The largest absolute Gasteiger partial charge is 0.441 e. The number of rotatable bonds is 5. The van der Waals surface area contributed by atoms with E-state index in [1.54, 1.807) is 6.20 Å². The van der Waals surface area contributed by atoms with Crippen LogP contribution in [0, 0.1) is 0 Å². The van der Waals surface area contributed by atoms with Crippen LogP contribution in [0.3, 0.4) is 0 Å². The molecule has 1 aromatic carbocycles. The van der Waals surface area contributed by atoms with Crippen LogP contribution in [0.1, 0.15) is 36.9 Å². The second-order valence-electron chi connectivity index (χ2n) is 6.01. The second-order valence-corrected chi connectivity index (χ2v) is 6.01. The molecule has 0 atom stereocenters. The summed E-state index contributed by atoms with van der Waals surface area (Å²) in [7, 11) is 0. The highest BCUT2D eigenvalue weighted by Crippen LogP contribution is 2.36. The van der Waals surface area contributed by atoms with Crippen LogP contribution in [0.4, 0.5) is 0 Å². The minimum Gasteiger partial charge on any atom is -0.441 e. The molecule has 0 unspecified atom stereocenters. The van der Waals surface area contributed by atoms with Crippen molar-refractivity contribution in [3.05, 3.63) is 54.1 Å². The molecule has 1 aliphatic carbocycles. The zero-order chi connectivity index (χ0) is 15.7. The molecule has 0 amide bonds. The van der Waals surface area contributed by atoms with Crippen LogP contribution in [0.25, 0.3) is 11.3 Å². The maximum Gasteiger partial charge on any atom is 0.227 e. The first-order valence-corrected chi connectivity index (χ1v) is 7.85. The van der Waals surface area contributed by atoms with Gasteiger partial charge in [-0.3, -0.25) is 0 Å². The van der Waals surface area contributed by atoms with Gasteiger partial charge in [0.05, 0.1) is 11.7 Å². The van der Waals surface area contributed by atoms with E-state index in [0.29, 0.717) is 30.4 Å². The molecule has 0 aliphatic heterocycles. The summed E-state index contributed by atoms with van der Waals surface area (Å²) in [6, 6.07) is 9.91. The van der Waals surface area contributed by atoms with Crippen molar-refractivity contribution in [2.75, 3.05) is 0 Å². The topological polar surface area (TPSA) is 91.0 Å². The summed E-state index contributed by atoms with van der Waals surface area (Å²) >= 11 is 0. The number of nitrogens with two attached hydrogens (primary N) is 1. The van der Waals surface area contributed by atoms with Crippen molar-refractivity contribution in [1.29, 1.82) is 0 Å². The van der Waals surface area contributed by atoms with Gasteiger partial charge >= 0.3 is 0 Å². The molecule has 2 aromatic heterocycles. The van der Waals surface area contributed by atoms with Crippen molar-refractivity contribution in [2.24, 2.45) is 5.73 Å². The van der Waals surface area contributed by atoms with Crippen molar-refractivity contribution >= 4 is 12.4 Å². The first-order valence-electron chi connectivity index (χ1n) is 7.85. The van der Waals surface area contributed by atoms with Gasteiger partial charge < -0.3 is 14.7 Å². The molecule has 2 N–H and O–H groups in total. The third-order valence-electron chi connectivity index (χ3n) is 4.32. The van der Waals surface area contributed by atoms with Gasteiger partial charge in [0.15, 0.2) is 17.5 Å². The molecular weight excluding hydrogens is 328 g/mol. The van der Waals surface area contributed by atoms with Crippen molar-refractivity contribution < 1.29 is 8.94 Å². The Kier molecular flexibility index (Phi) is 4.69. The van der Waals surface area contributed by atoms with Crippen LogP contribution >= 0.6 is 12.4 Å². The average Bonchev–Trinajstić information content (AvgIpc) is 3.21. The highest BCUT2D eigenvalue weighted by Gasteiger charge is 2.38. The maximum absolute atomic E-state index is 6.20. The Bertz CT molecular complexity index is 796. The van der Waals surface area contributed by atoms with Gasteiger partial charge in [-0.25, -0.2) is 4.98 Å². The molecule has 0 bridgehead atoms. The van der Waals surface area contributed by atoms with Crippen LogP contribution in [-0.2, 0) is 18.4 Å². The van der Waals surface area contributed by atoms with E-state index >= 15 is 0 Å². The highest BCUT2D eigenvalue weighted by atomic mass is 35.5. The number of hydrogen-bond donors (Lipinski definition) is 1. The summed E-state index contributed by atoms with van der Waals surface area (Å²) in [6.07, 6.45) is 5.92. The van der Waals surface area contributed by atoms with Gasteiger partial charge in [-0.1, -0.05) is 35.5 Å². The first kappa shape index (κ1) is 16.7. The zero-order valence-electron chi connectivity index (χ0n) is 13.1. The van der Waals surface area contributed by atoms with Gasteiger partial charge in [-0.2, -0.15) is 4.98 Å². The molecule has 1 saturated carbocycles. The summed E-state index contributed by atoms with van der Waals surface area (Å²) in [5, 5.41) is 4.01. The molecule has 1 fully saturated rings. The Balaban J connectivity index is 0.00000169. The predicted octanol–water partition coefficient (Wildman–Crippen LogP) is 3.27. The van der Waals surface area contributed by atoms with E-state index in [-0.39, 0.29) is 17.9 Å². The molecule has 2 heterocycles. The predicted molar refractivity (Wildman–Crippen MR) is 90.6 cm³/mol. The van der Waals surface area contributed by atoms with Gasteiger partial charge in [-0.15, -0.1) is 12.4 Å². The lowest BCUT2D eigenvalue weighted by molar-refractivity contribution is 0.229. The fraction of sp³-hybridized carbons (Fsp3) is 0.353. The van der Waals surface area contributed by atoms with E-state index in [9.17, 15) is 0 Å². The Hall–Kier alpha value is -2.18.